The fourth-order valence-corrected chi connectivity index (χ4v) is 3.93. The smallest absolute Gasteiger partial charge is 0.185 e. The number of fused-ring (bicyclic) bond motifs is 1. The first-order chi connectivity index (χ1) is 10.3. The predicted octanol–water partition coefficient (Wildman–Crippen LogP) is 3.75. The number of nitrogens with zero attached hydrogens (tertiary/aromatic N) is 2. The molecule has 0 saturated carbocycles. The van der Waals surface area contributed by atoms with Crippen molar-refractivity contribution in [2.45, 2.75) is 45.7 Å². The Kier molecular flexibility index (Phi) is 4.60. The molecule has 1 aliphatic carbocycles. The molecule has 21 heavy (non-hydrogen) atoms. The SMILES string of the molecule is CCN(CC)c1ncc(CNC2CCCc3occc32)s1. The van der Waals surface area contributed by atoms with Crippen LogP contribution in [0.5, 0.6) is 0 Å². The van der Waals surface area contributed by atoms with Crippen LogP contribution in [-0.4, -0.2) is 18.1 Å². The molecule has 0 spiro atoms. The van der Waals surface area contributed by atoms with Crippen molar-refractivity contribution < 1.29 is 4.42 Å². The molecule has 1 aliphatic rings. The molecule has 0 amide bonds. The van der Waals surface area contributed by atoms with E-state index < -0.39 is 0 Å². The standard InChI is InChI=1S/C16H23N3OS/c1-3-19(4-2)16-18-11-12(21-16)10-17-14-6-5-7-15-13(14)8-9-20-15/h8-9,11,14,17H,3-7,10H2,1-2H3. The molecule has 114 valence electrons. The van der Waals surface area contributed by atoms with E-state index in [1.165, 1.54) is 23.3 Å². The Morgan fingerprint density at radius 1 is 1.43 bits per heavy atom. The summed E-state index contributed by atoms with van der Waals surface area (Å²) >= 11 is 1.79. The van der Waals surface area contributed by atoms with Crippen LogP contribution in [-0.2, 0) is 13.0 Å². The van der Waals surface area contributed by atoms with Crippen LogP contribution in [0.15, 0.2) is 22.9 Å². The van der Waals surface area contributed by atoms with Gasteiger partial charge in [-0.3, -0.25) is 0 Å². The van der Waals surface area contributed by atoms with Crippen molar-refractivity contribution in [3.05, 3.63) is 34.7 Å². The summed E-state index contributed by atoms with van der Waals surface area (Å²) in [7, 11) is 0. The molecule has 2 aromatic heterocycles. The van der Waals surface area contributed by atoms with E-state index in [0.717, 1.165) is 36.9 Å². The zero-order chi connectivity index (χ0) is 14.7. The summed E-state index contributed by atoms with van der Waals surface area (Å²) in [5, 5.41) is 4.79. The molecule has 0 bridgehead atoms. The van der Waals surface area contributed by atoms with Gasteiger partial charge in [-0.25, -0.2) is 4.98 Å². The number of nitrogens with one attached hydrogen (secondary N) is 1. The third-order valence-corrected chi connectivity index (χ3v) is 5.21. The van der Waals surface area contributed by atoms with Crippen LogP contribution in [0, 0.1) is 0 Å². The Morgan fingerprint density at radius 2 is 2.29 bits per heavy atom. The molecule has 3 rings (SSSR count). The summed E-state index contributed by atoms with van der Waals surface area (Å²) in [6.45, 7) is 7.25. The molecule has 1 N–H and O–H groups in total. The summed E-state index contributed by atoms with van der Waals surface area (Å²) in [4.78, 5) is 8.14. The van der Waals surface area contributed by atoms with Crippen LogP contribution < -0.4 is 10.2 Å². The Balaban J connectivity index is 1.62. The van der Waals surface area contributed by atoms with E-state index in [4.69, 9.17) is 4.42 Å². The number of aryl methyl sites for hydroxylation is 1. The summed E-state index contributed by atoms with van der Waals surface area (Å²) in [5.41, 5.74) is 1.34. The van der Waals surface area contributed by atoms with Crippen molar-refractivity contribution in [3.63, 3.8) is 0 Å². The van der Waals surface area contributed by atoms with Crippen molar-refractivity contribution in [2.24, 2.45) is 0 Å². The molecule has 0 aliphatic heterocycles. The van der Waals surface area contributed by atoms with Crippen LogP contribution in [0.25, 0.3) is 0 Å². The van der Waals surface area contributed by atoms with Crippen LogP contribution in [0.2, 0.25) is 0 Å². The van der Waals surface area contributed by atoms with E-state index >= 15 is 0 Å². The number of rotatable bonds is 6. The van der Waals surface area contributed by atoms with Crippen LogP contribution in [0.1, 0.15) is 48.9 Å². The van der Waals surface area contributed by atoms with Gasteiger partial charge in [-0.1, -0.05) is 0 Å². The molecule has 1 unspecified atom stereocenters. The quantitative estimate of drug-likeness (QED) is 0.882. The van der Waals surface area contributed by atoms with E-state index in [1.807, 2.05) is 12.5 Å². The van der Waals surface area contributed by atoms with Gasteiger partial charge in [-0.2, -0.15) is 0 Å². The second-order valence-electron chi connectivity index (χ2n) is 5.41. The number of thiazole rings is 1. The minimum atomic E-state index is 0.423. The molecular formula is C16H23N3OS. The van der Waals surface area contributed by atoms with Crippen LogP contribution in [0.4, 0.5) is 5.13 Å². The highest BCUT2D eigenvalue weighted by molar-refractivity contribution is 7.15. The molecule has 0 aromatic carbocycles. The first-order valence-electron chi connectivity index (χ1n) is 7.81. The topological polar surface area (TPSA) is 41.3 Å². The fourth-order valence-electron chi connectivity index (χ4n) is 2.94. The van der Waals surface area contributed by atoms with E-state index in [9.17, 15) is 0 Å². The van der Waals surface area contributed by atoms with Crippen molar-refractivity contribution in [1.29, 1.82) is 0 Å². The number of aromatic nitrogens is 1. The number of anilines is 1. The van der Waals surface area contributed by atoms with Crippen LogP contribution >= 0.6 is 11.3 Å². The van der Waals surface area contributed by atoms with E-state index in [1.54, 1.807) is 11.3 Å². The Morgan fingerprint density at radius 3 is 3.10 bits per heavy atom. The number of furan rings is 1. The first-order valence-corrected chi connectivity index (χ1v) is 8.62. The van der Waals surface area contributed by atoms with Crippen molar-refractivity contribution >= 4 is 16.5 Å². The van der Waals surface area contributed by atoms with E-state index in [2.05, 4.69) is 35.1 Å². The van der Waals surface area contributed by atoms with Crippen molar-refractivity contribution in [3.8, 4) is 0 Å². The lowest BCUT2D eigenvalue weighted by Crippen LogP contribution is -2.23. The van der Waals surface area contributed by atoms with Gasteiger partial charge in [0.05, 0.1) is 6.26 Å². The average Bonchev–Trinajstić information content (AvgIpc) is 3.15. The van der Waals surface area contributed by atoms with Gasteiger partial charge in [0.25, 0.3) is 0 Å². The maximum atomic E-state index is 5.55. The third kappa shape index (κ3) is 3.14. The molecule has 4 nitrogen and oxygen atoms in total. The van der Waals surface area contributed by atoms with E-state index in [-0.39, 0.29) is 0 Å². The second-order valence-corrected chi connectivity index (χ2v) is 6.50. The van der Waals surface area contributed by atoms with Gasteiger partial charge < -0.3 is 14.6 Å². The zero-order valence-corrected chi connectivity index (χ0v) is 13.6. The lowest BCUT2D eigenvalue weighted by atomic mass is 9.93. The van der Waals surface area contributed by atoms with Gasteiger partial charge in [0.15, 0.2) is 5.13 Å². The van der Waals surface area contributed by atoms with Gasteiger partial charge in [0.1, 0.15) is 5.76 Å². The number of hydrogen-bond acceptors (Lipinski definition) is 5. The maximum Gasteiger partial charge on any atom is 0.185 e. The lowest BCUT2D eigenvalue weighted by molar-refractivity contribution is 0.411. The summed E-state index contributed by atoms with van der Waals surface area (Å²) < 4.78 is 5.55. The molecule has 2 aromatic rings. The van der Waals surface area contributed by atoms with Gasteiger partial charge in [0, 0.05) is 48.7 Å². The van der Waals surface area contributed by atoms with Gasteiger partial charge >= 0.3 is 0 Å². The van der Waals surface area contributed by atoms with Crippen LogP contribution in [0.3, 0.4) is 0 Å². The van der Waals surface area contributed by atoms with E-state index in [0.29, 0.717) is 6.04 Å². The summed E-state index contributed by atoms with van der Waals surface area (Å²) in [6.07, 6.45) is 7.28. The summed E-state index contributed by atoms with van der Waals surface area (Å²) in [6, 6.07) is 2.53. The molecule has 2 heterocycles. The molecule has 0 saturated heterocycles. The zero-order valence-electron chi connectivity index (χ0n) is 12.8. The average molecular weight is 305 g/mol. The highest BCUT2D eigenvalue weighted by Gasteiger charge is 2.22. The van der Waals surface area contributed by atoms with Crippen molar-refractivity contribution in [2.75, 3.05) is 18.0 Å². The largest absolute Gasteiger partial charge is 0.469 e. The monoisotopic (exact) mass is 305 g/mol. The molecule has 0 radical (unpaired) electrons. The minimum absolute atomic E-state index is 0.423. The Labute approximate surface area is 130 Å². The normalized spacial score (nSPS) is 17.7. The predicted molar refractivity (Wildman–Crippen MR) is 86.9 cm³/mol. The second kappa shape index (κ2) is 6.62. The highest BCUT2D eigenvalue weighted by atomic mass is 32.1. The highest BCUT2D eigenvalue weighted by Crippen LogP contribution is 2.31. The molecular weight excluding hydrogens is 282 g/mol. The van der Waals surface area contributed by atoms with Gasteiger partial charge in [-0.15, -0.1) is 11.3 Å². The Hall–Kier alpha value is -1.33. The molecule has 0 fully saturated rings. The maximum absolute atomic E-state index is 5.55. The first kappa shape index (κ1) is 14.6. The molecule has 1 atom stereocenters. The summed E-state index contributed by atoms with van der Waals surface area (Å²) in [5.74, 6) is 1.16. The Bertz CT molecular complexity index is 574. The molecule has 5 heteroatoms. The third-order valence-electron chi connectivity index (χ3n) is 4.15. The van der Waals surface area contributed by atoms with Crippen molar-refractivity contribution in [1.82, 2.24) is 10.3 Å². The van der Waals surface area contributed by atoms with Gasteiger partial charge in [0.2, 0.25) is 0 Å². The number of hydrogen-bond donors (Lipinski definition) is 1. The fraction of sp³-hybridized carbons (Fsp3) is 0.562. The minimum Gasteiger partial charge on any atom is -0.469 e. The van der Waals surface area contributed by atoms with Gasteiger partial charge in [-0.05, 0) is 32.8 Å². The lowest BCUT2D eigenvalue weighted by Gasteiger charge is -2.22.